The third kappa shape index (κ3) is 6.38. The zero-order valence-corrected chi connectivity index (χ0v) is 19.6. The number of hydrogen-bond donors (Lipinski definition) is 1. The van der Waals surface area contributed by atoms with Gasteiger partial charge in [0.05, 0.1) is 4.90 Å². The van der Waals surface area contributed by atoms with E-state index in [-0.39, 0.29) is 10.5 Å². The number of esters is 1. The Morgan fingerprint density at radius 3 is 2.03 bits per heavy atom. The van der Waals surface area contributed by atoms with Crippen molar-refractivity contribution in [1.82, 2.24) is 9.62 Å². The van der Waals surface area contributed by atoms with Crippen molar-refractivity contribution < 1.29 is 27.5 Å². The first kappa shape index (κ1) is 25.5. The average molecular weight is 481 g/mol. The minimum atomic E-state index is -3.63. The van der Waals surface area contributed by atoms with Crippen LogP contribution in [0.3, 0.4) is 0 Å². The first-order chi connectivity index (χ1) is 15.1. The molecule has 0 saturated heterocycles. The van der Waals surface area contributed by atoms with Crippen molar-refractivity contribution in [1.29, 1.82) is 0 Å². The molecule has 0 spiro atoms. The molecular weight excluding hydrogens is 456 g/mol. The highest BCUT2D eigenvalue weighted by molar-refractivity contribution is 7.89. The van der Waals surface area contributed by atoms with Crippen molar-refractivity contribution >= 4 is 39.3 Å². The molecule has 8 nitrogen and oxygen atoms in total. The predicted molar refractivity (Wildman–Crippen MR) is 120 cm³/mol. The van der Waals surface area contributed by atoms with Gasteiger partial charge in [0.25, 0.3) is 5.91 Å². The van der Waals surface area contributed by atoms with E-state index in [4.69, 9.17) is 16.3 Å². The molecule has 2 aromatic carbocycles. The summed E-state index contributed by atoms with van der Waals surface area (Å²) in [7, 11) is -3.63. The summed E-state index contributed by atoms with van der Waals surface area (Å²) in [5, 5.41) is 2.87. The third-order valence-corrected chi connectivity index (χ3v) is 6.98. The highest BCUT2D eigenvalue weighted by Crippen LogP contribution is 2.16. The van der Waals surface area contributed by atoms with Crippen LogP contribution < -0.4 is 5.32 Å². The Morgan fingerprint density at radius 1 is 0.969 bits per heavy atom. The van der Waals surface area contributed by atoms with Crippen LogP contribution in [0.5, 0.6) is 0 Å². The van der Waals surface area contributed by atoms with Gasteiger partial charge in [0.1, 0.15) is 6.54 Å². The molecule has 2 rings (SSSR count). The van der Waals surface area contributed by atoms with E-state index < -0.39 is 40.3 Å². The lowest BCUT2D eigenvalue weighted by molar-refractivity contribution is -0.145. The second-order valence-corrected chi connectivity index (χ2v) is 9.17. The van der Waals surface area contributed by atoms with Crippen molar-refractivity contribution in [3.05, 3.63) is 64.7 Å². The van der Waals surface area contributed by atoms with E-state index in [0.29, 0.717) is 23.7 Å². The maximum absolute atomic E-state index is 12.5. The molecule has 1 N–H and O–H groups in total. The second kappa shape index (κ2) is 11.2. The van der Waals surface area contributed by atoms with Crippen LogP contribution in [0, 0.1) is 0 Å². The van der Waals surface area contributed by atoms with Gasteiger partial charge in [0.15, 0.2) is 6.10 Å². The molecule has 10 heteroatoms. The van der Waals surface area contributed by atoms with Gasteiger partial charge in [-0.15, -0.1) is 0 Å². The van der Waals surface area contributed by atoms with Gasteiger partial charge in [-0.25, -0.2) is 8.42 Å². The maximum Gasteiger partial charge on any atom is 0.326 e. The molecule has 32 heavy (non-hydrogen) atoms. The van der Waals surface area contributed by atoms with Crippen LogP contribution in [-0.2, 0) is 19.6 Å². The van der Waals surface area contributed by atoms with Crippen molar-refractivity contribution in [2.75, 3.05) is 19.6 Å². The zero-order chi connectivity index (χ0) is 23.9. The normalized spacial score (nSPS) is 12.3. The number of rotatable bonds is 10. The Bertz CT molecular complexity index is 1060. The summed E-state index contributed by atoms with van der Waals surface area (Å²) in [6.45, 7) is 5.14. The molecule has 0 aliphatic carbocycles. The van der Waals surface area contributed by atoms with Gasteiger partial charge >= 0.3 is 5.97 Å². The second-order valence-electron chi connectivity index (χ2n) is 6.80. The Kier molecular flexibility index (Phi) is 8.94. The van der Waals surface area contributed by atoms with E-state index in [1.807, 2.05) is 0 Å². The molecule has 172 valence electrons. The molecule has 1 atom stereocenters. The molecule has 1 amide bonds. The van der Waals surface area contributed by atoms with Gasteiger partial charge in [-0.1, -0.05) is 25.4 Å². The fourth-order valence-electron chi connectivity index (χ4n) is 2.89. The van der Waals surface area contributed by atoms with Gasteiger partial charge in [0, 0.05) is 29.2 Å². The van der Waals surface area contributed by atoms with E-state index in [1.165, 1.54) is 47.6 Å². The van der Waals surface area contributed by atoms with E-state index >= 15 is 0 Å². The fraction of sp³-hybridized carbons (Fsp3) is 0.318. The van der Waals surface area contributed by atoms with Crippen LogP contribution in [0.4, 0.5) is 0 Å². The monoisotopic (exact) mass is 480 g/mol. The Balaban J connectivity index is 1.92. The van der Waals surface area contributed by atoms with Crippen molar-refractivity contribution in [3.63, 3.8) is 0 Å². The maximum atomic E-state index is 12.5. The molecule has 0 aliphatic heterocycles. The molecule has 0 heterocycles. The van der Waals surface area contributed by atoms with E-state index in [2.05, 4.69) is 5.32 Å². The number of carbonyl (C=O) groups is 3. The third-order valence-electron chi connectivity index (χ3n) is 4.66. The van der Waals surface area contributed by atoms with Crippen LogP contribution >= 0.6 is 11.6 Å². The highest BCUT2D eigenvalue weighted by Gasteiger charge is 2.22. The van der Waals surface area contributed by atoms with Gasteiger partial charge in [-0.3, -0.25) is 14.4 Å². The SMILES string of the molecule is CCN(CC)S(=O)(=O)c1ccc(C(=O)NCC(=O)OC(C)C(=O)c2ccc(Cl)cc2)cc1. The number of nitrogens with zero attached hydrogens (tertiary/aromatic N) is 1. The first-order valence-electron chi connectivity index (χ1n) is 9.97. The quantitative estimate of drug-likeness (QED) is 0.413. The standard InChI is InChI=1S/C22H25ClN2O6S/c1-4-25(5-2)32(29,30)19-12-8-17(9-13-19)22(28)24-14-20(26)31-15(3)21(27)16-6-10-18(23)11-7-16/h6-13,15H,4-5,14H2,1-3H3,(H,24,28). The highest BCUT2D eigenvalue weighted by atomic mass is 35.5. The summed E-state index contributed by atoms with van der Waals surface area (Å²) < 4.78 is 31.4. The number of halogens is 1. The molecule has 0 aromatic heterocycles. The molecule has 1 unspecified atom stereocenters. The van der Waals surface area contributed by atoms with Crippen LogP contribution in [0.1, 0.15) is 41.5 Å². The lowest BCUT2D eigenvalue weighted by atomic mass is 10.1. The number of hydrogen-bond acceptors (Lipinski definition) is 6. The zero-order valence-electron chi connectivity index (χ0n) is 18.0. The number of carbonyl (C=O) groups excluding carboxylic acids is 3. The number of sulfonamides is 1. The summed E-state index contributed by atoms with van der Waals surface area (Å²) >= 11 is 5.79. The summed E-state index contributed by atoms with van der Waals surface area (Å²) in [4.78, 5) is 36.7. The van der Waals surface area contributed by atoms with Crippen molar-refractivity contribution in [2.45, 2.75) is 31.8 Å². The molecule has 2 aromatic rings. The minimum absolute atomic E-state index is 0.0756. The summed E-state index contributed by atoms with van der Waals surface area (Å²) in [5.74, 6) is -1.76. The van der Waals surface area contributed by atoms with Crippen LogP contribution in [0.25, 0.3) is 0 Å². The lowest BCUT2D eigenvalue weighted by Crippen LogP contribution is -2.34. The van der Waals surface area contributed by atoms with E-state index in [1.54, 1.807) is 26.0 Å². The van der Waals surface area contributed by atoms with E-state index in [9.17, 15) is 22.8 Å². The van der Waals surface area contributed by atoms with Gasteiger partial charge in [0.2, 0.25) is 15.8 Å². The summed E-state index contributed by atoms with van der Waals surface area (Å²) in [6.07, 6.45) is -1.04. The summed E-state index contributed by atoms with van der Waals surface area (Å²) in [5.41, 5.74) is 0.528. The molecular formula is C22H25ClN2O6S. The van der Waals surface area contributed by atoms with Crippen molar-refractivity contribution in [2.24, 2.45) is 0 Å². The van der Waals surface area contributed by atoms with Crippen LogP contribution in [0.2, 0.25) is 5.02 Å². The number of nitrogens with one attached hydrogen (secondary N) is 1. The Labute approximate surface area is 192 Å². The van der Waals surface area contributed by atoms with E-state index in [0.717, 1.165) is 0 Å². The number of benzene rings is 2. The first-order valence-corrected chi connectivity index (χ1v) is 11.8. The summed E-state index contributed by atoms with van der Waals surface area (Å²) in [6, 6.07) is 11.6. The number of Topliss-reactive ketones (excluding diaryl/α,β-unsaturated/α-hetero) is 1. The molecule has 0 saturated carbocycles. The fourth-order valence-corrected chi connectivity index (χ4v) is 4.47. The van der Waals surface area contributed by atoms with Crippen molar-refractivity contribution in [3.8, 4) is 0 Å². The molecule has 0 bridgehead atoms. The predicted octanol–water partition coefficient (Wildman–Crippen LogP) is 2.91. The number of ketones is 1. The molecule has 0 radical (unpaired) electrons. The number of ether oxygens (including phenoxy) is 1. The Hall–Kier alpha value is -2.75. The van der Waals surface area contributed by atoms with Gasteiger partial charge in [-0.2, -0.15) is 4.31 Å². The average Bonchev–Trinajstić information content (AvgIpc) is 2.78. The minimum Gasteiger partial charge on any atom is -0.453 e. The lowest BCUT2D eigenvalue weighted by Gasteiger charge is -2.18. The topological polar surface area (TPSA) is 110 Å². The largest absolute Gasteiger partial charge is 0.453 e. The van der Waals surface area contributed by atoms with Gasteiger partial charge in [-0.05, 0) is 55.5 Å². The number of amides is 1. The van der Waals surface area contributed by atoms with Gasteiger partial charge < -0.3 is 10.1 Å². The van der Waals surface area contributed by atoms with Crippen LogP contribution in [0.15, 0.2) is 53.4 Å². The molecule has 0 aliphatic rings. The Morgan fingerprint density at radius 2 is 1.50 bits per heavy atom. The smallest absolute Gasteiger partial charge is 0.326 e. The molecule has 0 fully saturated rings. The van der Waals surface area contributed by atoms with Crippen LogP contribution in [-0.4, -0.2) is 56.1 Å².